The lowest BCUT2D eigenvalue weighted by atomic mass is 10.1. The molecule has 1 saturated carbocycles. The van der Waals surface area contributed by atoms with Crippen LogP contribution in [0.3, 0.4) is 0 Å². The molecule has 1 aliphatic rings. The van der Waals surface area contributed by atoms with Crippen LogP contribution in [0.1, 0.15) is 35.6 Å². The molecule has 2 heterocycles. The second-order valence-corrected chi connectivity index (χ2v) is 7.11. The first-order valence-electron chi connectivity index (χ1n) is 6.07. The molecule has 0 aliphatic heterocycles. The van der Waals surface area contributed by atoms with Crippen LogP contribution in [0.15, 0.2) is 35.0 Å². The molecule has 3 rings (SSSR count). The van der Waals surface area contributed by atoms with Crippen LogP contribution >= 0.6 is 22.7 Å². The SMILES string of the molecule is CC1(CNC(c2cccs2)c2cccs2)CC1. The monoisotopic (exact) mass is 263 g/mol. The first-order chi connectivity index (χ1) is 8.27. The van der Waals surface area contributed by atoms with Crippen molar-refractivity contribution in [2.75, 3.05) is 6.54 Å². The van der Waals surface area contributed by atoms with Gasteiger partial charge in [-0.2, -0.15) is 0 Å². The van der Waals surface area contributed by atoms with E-state index in [1.54, 1.807) is 0 Å². The molecule has 3 heteroatoms. The maximum absolute atomic E-state index is 3.75. The summed E-state index contributed by atoms with van der Waals surface area (Å²) in [5.41, 5.74) is 0.562. The van der Waals surface area contributed by atoms with E-state index in [9.17, 15) is 0 Å². The van der Waals surface area contributed by atoms with Crippen molar-refractivity contribution in [2.45, 2.75) is 25.8 Å². The fourth-order valence-corrected chi connectivity index (χ4v) is 3.70. The van der Waals surface area contributed by atoms with E-state index in [1.807, 2.05) is 22.7 Å². The largest absolute Gasteiger partial charge is 0.304 e. The molecule has 0 bridgehead atoms. The Labute approximate surface area is 111 Å². The molecule has 0 saturated heterocycles. The molecule has 1 N–H and O–H groups in total. The van der Waals surface area contributed by atoms with E-state index < -0.39 is 0 Å². The van der Waals surface area contributed by atoms with Crippen LogP contribution in [0.2, 0.25) is 0 Å². The van der Waals surface area contributed by atoms with E-state index in [2.05, 4.69) is 47.3 Å². The third kappa shape index (κ3) is 2.62. The van der Waals surface area contributed by atoms with Crippen molar-refractivity contribution in [3.8, 4) is 0 Å². The third-order valence-corrected chi connectivity index (χ3v) is 5.37. The highest BCUT2D eigenvalue weighted by molar-refractivity contribution is 7.11. The fourth-order valence-electron chi connectivity index (χ4n) is 1.99. The third-order valence-electron chi connectivity index (χ3n) is 3.49. The van der Waals surface area contributed by atoms with Crippen molar-refractivity contribution in [3.63, 3.8) is 0 Å². The lowest BCUT2D eigenvalue weighted by molar-refractivity contribution is 0.475. The highest BCUT2D eigenvalue weighted by atomic mass is 32.1. The smallest absolute Gasteiger partial charge is 0.0765 e. The summed E-state index contributed by atoms with van der Waals surface area (Å²) in [7, 11) is 0. The molecule has 2 aromatic heterocycles. The first kappa shape index (κ1) is 11.5. The van der Waals surface area contributed by atoms with Crippen LogP contribution in [0.5, 0.6) is 0 Å². The molecule has 0 atom stereocenters. The predicted octanol–water partition coefficient (Wildman–Crippen LogP) is 4.29. The molecular formula is C14H17NS2. The summed E-state index contributed by atoms with van der Waals surface area (Å²) < 4.78 is 0. The summed E-state index contributed by atoms with van der Waals surface area (Å²) in [5.74, 6) is 0. The normalized spacial score (nSPS) is 17.5. The van der Waals surface area contributed by atoms with Gasteiger partial charge >= 0.3 is 0 Å². The molecule has 0 spiro atoms. The minimum Gasteiger partial charge on any atom is -0.304 e. The van der Waals surface area contributed by atoms with Gasteiger partial charge in [0.1, 0.15) is 0 Å². The van der Waals surface area contributed by atoms with Crippen LogP contribution in [0, 0.1) is 5.41 Å². The summed E-state index contributed by atoms with van der Waals surface area (Å²) in [6.45, 7) is 3.51. The molecule has 0 unspecified atom stereocenters. The van der Waals surface area contributed by atoms with E-state index in [1.165, 1.54) is 22.6 Å². The summed E-state index contributed by atoms with van der Waals surface area (Å²) in [5, 5.41) is 8.07. The van der Waals surface area contributed by atoms with Gasteiger partial charge in [0.2, 0.25) is 0 Å². The zero-order valence-electron chi connectivity index (χ0n) is 9.98. The number of hydrogen-bond acceptors (Lipinski definition) is 3. The Morgan fingerprint density at radius 2 is 1.76 bits per heavy atom. The van der Waals surface area contributed by atoms with E-state index in [-0.39, 0.29) is 0 Å². The average molecular weight is 263 g/mol. The minimum absolute atomic E-state index is 0.396. The van der Waals surface area contributed by atoms with Gasteiger partial charge in [0.05, 0.1) is 6.04 Å². The molecule has 17 heavy (non-hydrogen) atoms. The second-order valence-electron chi connectivity index (χ2n) is 5.16. The van der Waals surface area contributed by atoms with Gasteiger partial charge in [-0.15, -0.1) is 22.7 Å². The number of nitrogens with one attached hydrogen (secondary N) is 1. The zero-order valence-corrected chi connectivity index (χ0v) is 11.6. The van der Waals surface area contributed by atoms with Crippen molar-refractivity contribution >= 4 is 22.7 Å². The van der Waals surface area contributed by atoms with E-state index in [4.69, 9.17) is 0 Å². The lowest BCUT2D eigenvalue weighted by Gasteiger charge is -2.19. The maximum atomic E-state index is 3.75. The van der Waals surface area contributed by atoms with Crippen LogP contribution in [-0.4, -0.2) is 6.54 Å². The second kappa shape index (κ2) is 4.56. The van der Waals surface area contributed by atoms with Gasteiger partial charge in [-0.05, 0) is 41.1 Å². The van der Waals surface area contributed by atoms with Crippen molar-refractivity contribution in [1.82, 2.24) is 5.32 Å². The molecule has 1 fully saturated rings. The molecule has 1 nitrogen and oxygen atoms in total. The molecule has 90 valence electrons. The van der Waals surface area contributed by atoms with Crippen LogP contribution in [-0.2, 0) is 0 Å². The summed E-state index contributed by atoms with van der Waals surface area (Å²) in [6.07, 6.45) is 2.75. The van der Waals surface area contributed by atoms with Gasteiger partial charge in [-0.25, -0.2) is 0 Å². The lowest BCUT2D eigenvalue weighted by Crippen LogP contribution is -2.26. The Kier molecular flexibility index (Phi) is 3.07. The molecule has 2 aromatic rings. The van der Waals surface area contributed by atoms with E-state index >= 15 is 0 Å². The Balaban J connectivity index is 1.77. The highest BCUT2D eigenvalue weighted by Gasteiger charge is 2.37. The van der Waals surface area contributed by atoms with E-state index in [0.717, 1.165) is 6.54 Å². The van der Waals surface area contributed by atoms with Crippen molar-refractivity contribution in [2.24, 2.45) is 5.41 Å². The Bertz CT molecular complexity index is 420. The Hall–Kier alpha value is -0.640. The summed E-state index contributed by atoms with van der Waals surface area (Å²) in [4.78, 5) is 2.86. The number of hydrogen-bond donors (Lipinski definition) is 1. The zero-order chi connectivity index (χ0) is 11.7. The van der Waals surface area contributed by atoms with Crippen LogP contribution in [0.4, 0.5) is 0 Å². The molecule has 0 aromatic carbocycles. The average Bonchev–Trinajstić information content (AvgIpc) is 2.84. The Morgan fingerprint density at radius 3 is 2.18 bits per heavy atom. The quantitative estimate of drug-likeness (QED) is 0.848. The van der Waals surface area contributed by atoms with Crippen molar-refractivity contribution in [1.29, 1.82) is 0 Å². The number of thiophene rings is 2. The summed E-state index contributed by atoms with van der Waals surface area (Å²) in [6, 6.07) is 9.14. The minimum atomic E-state index is 0.396. The molecule has 1 aliphatic carbocycles. The molecular weight excluding hydrogens is 246 g/mol. The van der Waals surface area contributed by atoms with Gasteiger partial charge in [-0.3, -0.25) is 0 Å². The highest BCUT2D eigenvalue weighted by Crippen LogP contribution is 2.45. The Morgan fingerprint density at radius 1 is 1.18 bits per heavy atom. The van der Waals surface area contributed by atoms with Gasteiger partial charge in [0, 0.05) is 16.3 Å². The van der Waals surface area contributed by atoms with Gasteiger partial charge in [-0.1, -0.05) is 19.1 Å². The summed E-state index contributed by atoms with van der Waals surface area (Å²) >= 11 is 3.69. The van der Waals surface area contributed by atoms with Crippen molar-refractivity contribution < 1.29 is 0 Å². The molecule has 0 radical (unpaired) electrons. The first-order valence-corrected chi connectivity index (χ1v) is 7.83. The van der Waals surface area contributed by atoms with Crippen LogP contribution < -0.4 is 5.32 Å². The predicted molar refractivity (Wildman–Crippen MR) is 75.8 cm³/mol. The number of rotatable bonds is 5. The molecule has 0 amide bonds. The topological polar surface area (TPSA) is 12.0 Å². The van der Waals surface area contributed by atoms with Gasteiger partial charge < -0.3 is 5.32 Å². The fraction of sp³-hybridized carbons (Fsp3) is 0.429. The maximum Gasteiger partial charge on any atom is 0.0765 e. The van der Waals surface area contributed by atoms with Gasteiger partial charge in [0.15, 0.2) is 0 Å². The van der Waals surface area contributed by atoms with Crippen LogP contribution in [0.25, 0.3) is 0 Å². The van der Waals surface area contributed by atoms with Gasteiger partial charge in [0.25, 0.3) is 0 Å². The van der Waals surface area contributed by atoms with E-state index in [0.29, 0.717) is 11.5 Å². The standard InChI is InChI=1S/C14H17NS2/c1-14(6-7-14)10-15-13(11-4-2-8-16-11)12-5-3-9-17-12/h2-5,8-9,13,15H,6-7,10H2,1H3. The van der Waals surface area contributed by atoms with Crippen molar-refractivity contribution in [3.05, 3.63) is 44.8 Å².